The van der Waals surface area contributed by atoms with E-state index in [4.69, 9.17) is 10.00 Å². The van der Waals surface area contributed by atoms with E-state index < -0.39 is 17.0 Å². The fraction of sp³-hybridized carbons (Fsp3) is 0.364. The van der Waals surface area contributed by atoms with Gasteiger partial charge in [0.25, 0.3) is 0 Å². The Kier molecular flexibility index (Phi) is 2.11. The van der Waals surface area contributed by atoms with Gasteiger partial charge in [0, 0.05) is 5.56 Å². The molecule has 0 saturated heterocycles. The lowest BCUT2D eigenvalue weighted by Crippen LogP contribution is -2.07. The largest absolute Gasteiger partial charge is 0.493 e. The van der Waals surface area contributed by atoms with E-state index in [1.807, 2.05) is 0 Å². The lowest BCUT2D eigenvalue weighted by atomic mass is 9.96. The molecule has 78 valence electrons. The van der Waals surface area contributed by atoms with Crippen LogP contribution in [0.2, 0.25) is 0 Å². The van der Waals surface area contributed by atoms with Crippen molar-refractivity contribution in [3.05, 3.63) is 29.3 Å². The molecule has 0 bridgehead atoms. The molecule has 0 aromatic heterocycles. The van der Waals surface area contributed by atoms with E-state index in [9.17, 15) is 8.78 Å². The number of methoxy groups -OCH3 is 1. The molecule has 1 saturated carbocycles. The molecule has 1 fully saturated rings. The molecule has 0 spiro atoms. The lowest BCUT2D eigenvalue weighted by molar-refractivity contribution is 0.365. The normalized spacial score (nSPS) is 16.9. The van der Waals surface area contributed by atoms with Gasteiger partial charge in [0.2, 0.25) is 5.82 Å². The Balaban J connectivity index is 2.59. The highest BCUT2D eigenvalue weighted by Crippen LogP contribution is 2.51. The Bertz CT molecular complexity index is 447. The van der Waals surface area contributed by atoms with Crippen molar-refractivity contribution in [2.24, 2.45) is 0 Å². The molecular formula is C11H9F2NO. The Morgan fingerprint density at radius 2 is 2.07 bits per heavy atom. The van der Waals surface area contributed by atoms with Gasteiger partial charge >= 0.3 is 0 Å². The smallest absolute Gasteiger partial charge is 0.200 e. The zero-order valence-electron chi connectivity index (χ0n) is 8.18. The molecule has 0 unspecified atom stereocenters. The van der Waals surface area contributed by atoms with E-state index in [-0.39, 0.29) is 5.75 Å². The maximum atomic E-state index is 13.3. The predicted molar refractivity (Wildman–Crippen MR) is 49.4 cm³/mol. The van der Waals surface area contributed by atoms with Crippen LogP contribution in [0.25, 0.3) is 0 Å². The summed E-state index contributed by atoms with van der Waals surface area (Å²) in [5, 5.41) is 8.97. The van der Waals surface area contributed by atoms with E-state index in [1.165, 1.54) is 13.2 Å². The molecule has 0 atom stereocenters. The molecule has 1 aliphatic carbocycles. The monoisotopic (exact) mass is 209 g/mol. The van der Waals surface area contributed by atoms with Crippen LogP contribution in [0, 0.1) is 23.0 Å². The summed E-state index contributed by atoms with van der Waals surface area (Å²) in [4.78, 5) is 0. The van der Waals surface area contributed by atoms with Gasteiger partial charge in [-0.05, 0) is 18.9 Å². The first-order valence-electron chi connectivity index (χ1n) is 4.58. The summed E-state index contributed by atoms with van der Waals surface area (Å²) in [7, 11) is 1.27. The Labute approximate surface area is 86.1 Å². The Morgan fingerprint density at radius 1 is 1.40 bits per heavy atom. The van der Waals surface area contributed by atoms with Gasteiger partial charge in [0.05, 0.1) is 18.6 Å². The number of benzene rings is 1. The second-order valence-corrected chi connectivity index (χ2v) is 3.64. The molecule has 15 heavy (non-hydrogen) atoms. The van der Waals surface area contributed by atoms with Gasteiger partial charge in [0.15, 0.2) is 11.6 Å². The summed E-state index contributed by atoms with van der Waals surface area (Å²) >= 11 is 0. The first-order valence-corrected chi connectivity index (χ1v) is 4.58. The SMILES string of the molecule is COc1c(C2(C#N)CC2)ccc(F)c1F. The first kappa shape index (κ1) is 9.91. The van der Waals surface area contributed by atoms with Crippen LogP contribution in [0.4, 0.5) is 8.78 Å². The third-order valence-corrected chi connectivity index (χ3v) is 2.73. The number of rotatable bonds is 2. The number of hydrogen-bond donors (Lipinski definition) is 0. The molecule has 2 rings (SSSR count). The molecule has 1 aromatic carbocycles. The standard InChI is InChI=1S/C11H9F2NO/c1-15-10-7(11(6-14)4-5-11)2-3-8(12)9(10)13/h2-3H,4-5H2,1H3. The highest BCUT2D eigenvalue weighted by molar-refractivity contribution is 5.48. The van der Waals surface area contributed by atoms with Gasteiger partial charge in [-0.2, -0.15) is 9.65 Å². The molecule has 1 aromatic rings. The molecule has 2 nitrogen and oxygen atoms in total. The Hall–Kier alpha value is -1.63. The van der Waals surface area contributed by atoms with Crippen LogP contribution in [0.3, 0.4) is 0 Å². The van der Waals surface area contributed by atoms with Crippen molar-refractivity contribution in [2.75, 3.05) is 7.11 Å². The van der Waals surface area contributed by atoms with Gasteiger partial charge < -0.3 is 4.74 Å². The average molecular weight is 209 g/mol. The van der Waals surface area contributed by atoms with Crippen LogP contribution in [0.1, 0.15) is 18.4 Å². The highest BCUT2D eigenvalue weighted by Gasteiger charge is 2.47. The highest BCUT2D eigenvalue weighted by atomic mass is 19.2. The minimum absolute atomic E-state index is 0.144. The van der Waals surface area contributed by atoms with E-state index >= 15 is 0 Å². The molecule has 0 radical (unpaired) electrons. The van der Waals surface area contributed by atoms with Gasteiger partial charge in [-0.1, -0.05) is 6.07 Å². The summed E-state index contributed by atoms with van der Waals surface area (Å²) in [5.41, 5.74) is -0.216. The maximum absolute atomic E-state index is 13.3. The quantitative estimate of drug-likeness (QED) is 0.749. The van der Waals surface area contributed by atoms with Gasteiger partial charge in [-0.3, -0.25) is 0 Å². The van der Waals surface area contributed by atoms with Crippen LogP contribution in [0.15, 0.2) is 12.1 Å². The Morgan fingerprint density at radius 3 is 2.53 bits per heavy atom. The fourth-order valence-electron chi connectivity index (χ4n) is 1.67. The van der Waals surface area contributed by atoms with Crippen LogP contribution in [-0.4, -0.2) is 7.11 Å². The van der Waals surface area contributed by atoms with E-state index in [2.05, 4.69) is 6.07 Å². The molecule has 0 aliphatic heterocycles. The second-order valence-electron chi connectivity index (χ2n) is 3.64. The number of nitriles is 1. The van der Waals surface area contributed by atoms with Crippen molar-refractivity contribution in [3.8, 4) is 11.8 Å². The van der Waals surface area contributed by atoms with Crippen molar-refractivity contribution in [2.45, 2.75) is 18.3 Å². The molecule has 0 amide bonds. The zero-order valence-corrected chi connectivity index (χ0v) is 8.18. The summed E-state index contributed by atoms with van der Waals surface area (Å²) in [6.07, 6.45) is 1.34. The van der Waals surface area contributed by atoms with Crippen LogP contribution in [0.5, 0.6) is 5.75 Å². The van der Waals surface area contributed by atoms with Gasteiger partial charge in [0.1, 0.15) is 0 Å². The van der Waals surface area contributed by atoms with Crippen molar-refractivity contribution in [3.63, 3.8) is 0 Å². The van der Waals surface area contributed by atoms with Crippen LogP contribution in [-0.2, 0) is 5.41 Å². The minimum atomic E-state index is -1.02. The third-order valence-electron chi connectivity index (χ3n) is 2.73. The lowest BCUT2D eigenvalue weighted by Gasteiger charge is -2.12. The molecule has 0 heterocycles. The van der Waals surface area contributed by atoms with Crippen molar-refractivity contribution in [1.29, 1.82) is 5.26 Å². The summed E-state index contributed by atoms with van der Waals surface area (Å²) in [6, 6.07) is 4.58. The number of ether oxygens (including phenoxy) is 1. The molecular weight excluding hydrogens is 200 g/mol. The zero-order chi connectivity index (χ0) is 11.1. The van der Waals surface area contributed by atoms with Crippen LogP contribution >= 0.6 is 0 Å². The molecule has 4 heteroatoms. The molecule has 0 N–H and O–H groups in total. The average Bonchev–Trinajstić information content (AvgIpc) is 3.02. The number of nitrogens with zero attached hydrogens (tertiary/aromatic N) is 1. The summed E-state index contributed by atoms with van der Waals surface area (Å²) < 4.78 is 31.1. The van der Waals surface area contributed by atoms with Crippen molar-refractivity contribution < 1.29 is 13.5 Å². The minimum Gasteiger partial charge on any atom is -0.493 e. The van der Waals surface area contributed by atoms with Crippen molar-refractivity contribution >= 4 is 0 Å². The fourth-order valence-corrected chi connectivity index (χ4v) is 1.67. The van der Waals surface area contributed by atoms with Gasteiger partial charge in [-0.15, -0.1) is 0 Å². The summed E-state index contributed by atoms with van der Waals surface area (Å²) in [5.74, 6) is -2.12. The van der Waals surface area contributed by atoms with E-state index in [1.54, 1.807) is 0 Å². The van der Waals surface area contributed by atoms with Crippen molar-refractivity contribution in [1.82, 2.24) is 0 Å². The third kappa shape index (κ3) is 1.35. The number of hydrogen-bond acceptors (Lipinski definition) is 2. The number of halogens is 2. The van der Waals surface area contributed by atoms with Gasteiger partial charge in [-0.25, -0.2) is 4.39 Å². The molecule has 1 aliphatic rings. The second kappa shape index (κ2) is 3.20. The van der Waals surface area contributed by atoms with Crippen LogP contribution < -0.4 is 4.74 Å². The first-order chi connectivity index (χ1) is 7.14. The maximum Gasteiger partial charge on any atom is 0.200 e. The topological polar surface area (TPSA) is 33.0 Å². The van der Waals surface area contributed by atoms with E-state index in [0.717, 1.165) is 6.07 Å². The predicted octanol–water partition coefficient (Wildman–Crippen LogP) is 2.53. The van der Waals surface area contributed by atoms with E-state index in [0.29, 0.717) is 18.4 Å². The summed E-state index contributed by atoms with van der Waals surface area (Å²) in [6.45, 7) is 0.